The van der Waals surface area contributed by atoms with Gasteiger partial charge in [-0.2, -0.15) is 0 Å². The van der Waals surface area contributed by atoms with Gasteiger partial charge in [-0.1, -0.05) is 11.6 Å². The maximum atomic E-state index is 13.9. The number of hydrogen-bond donors (Lipinski definition) is 1. The largest absolute Gasteiger partial charge is 0.337 e. The number of fused-ring (bicyclic) bond motifs is 1. The van der Waals surface area contributed by atoms with Crippen molar-refractivity contribution in [2.45, 2.75) is 0 Å². The van der Waals surface area contributed by atoms with Gasteiger partial charge < -0.3 is 5.32 Å². The second kappa shape index (κ2) is 6.20. The zero-order chi connectivity index (χ0) is 16.6. The van der Waals surface area contributed by atoms with Crippen LogP contribution in [0.2, 0.25) is 5.02 Å². The van der Waals surface area contributed by atoms with Gasteiger partial charge >= 0.3 is 0 Å². The lowest BCUT2D eigenvalue weighted by molar-refractivity contribution is -0.385. The molecule has 0 atom stereocenters. The highest BCUT2D eigenvalue weighted by Crippen LogP contribution is 2.31. The molecule has 0 bridgehead atoms. The van der Waals surface area contributed by atoms with E-state index >= 15 is 0 Å². The fourth-order valence-electron chi connectivity index (χ4n) is 2.03. The third kappa shape index (κ3) is 3.17. The van der Waals surface area contributed by atoms with E-state index in [1.54, 1.807) is 6.07 Å². The first-order valence-corrected chi connectivity index (χ1v) is 7.72. The van der Waals surface area contributed by atoms with E-state index in [2.05, 4.69) is 15.3 Å². The molecule has 6 nitrogen and oxygen atoms in total. The summed E-state index contributed by atoms with van der Waals surface area (Å²) in [5.41, 5.74) is 0.571. The second-order valence-corrected chi connectivity index (χ2v) is 6.15. The minimum absolute atomic E-state index is 0.0671. The van der Waals surface area contributed by atoms with E-state index in [0.717, 1.165) is 0 Å². The highest BCUT2D eigenvalue weighted by Gasteiger charge is 2.16. The van der Waals surface area contributed by atoms with Gasteiger partial charge in [-0.05, 0) is 46.9 Å². The van der Waals surface area contributed by atoms with E-state index in [4.69, 9.17) is 11.6 Å². The van der Waals surface area contributed by atoms with Crippen LogP contribution in [0.25, 0.3) is 10.9 Å². The van der Waals surface area contributed by atoms with E-state index in [-0.39, 0.29) is 17.2 Å². The lowest BCUT2D eigenvalue weighted by atomic mass is 10.2. The number of halogens is 3. The van der Waals surface area contributed by atoms with Crippen LogP contribution in [0.1, 0.15) is 0 Å². The lowest BCUT2D eigenvalue weighted by Crippen LogP contribution is -2.00. The van der Waals surface area contributed by atoms with Gasteiger partial charge in [0.2, 0.25) is 0 Å². The molecule has 1 N–H and O–H groups in total. The fourth-order valence-corrected chi connectivity index (χ4v) is 2.85. The van der Waals surface area contributed by atoms with Crippen molar-refractivity contribution in [2.75, 3.05) is 5.32 Å². The van der Waals surface area contributed by atoms with Crippen molar-refractivity contribution < 1.29 is 9.31 Å². The molecule has 0 aliphatic rings. The Balaban J connectivity index is 2.15. The Kier molecular flexibility index (Phi) is 4.26. The molecule has 2 aromatic carbocycles. The highest BCUT2D eigenvalue weighted by atomic mass is 127. The molecule has 116 valence electrons. The standard InChI is InChI=1S/C14H7ClFIN4O2/c15-7-1-2-9(16)12(3-7)20-14-8-4-13(21(22)23)10(17)5-11(8)18-6-19-14/h1-6H,(H,18,19,20). The Morgan fingerprint density at radius 3 is 2.78 bits per heavy atom. The van der Waals surface area contributed by atoms with Gasteiger partial charge in [0, 0.05) is 16.5 Å². The molecule has 0 radical (unpaired) electrons. The van der Waals surface area contributed by atoms with Crippen molar-refractivity contribution in [3.05, 3.63) is 61.2 Å². The van der Waals surface area contributed by atoms with Crippen LogP contribution in [0.3, 0.4) is 0 Å². The summed E-state index contributed by atoms with van der Waals surface area (Å²) < 4.78 is 14.3. The van der Waals surface area contributed by atoms with Gasteiger partial charge in [0.25, 0.3) is 5.69 Å². The van der Waals surface area contributed by atoms with Crippen LogP contribution in [-0.4, -0.2) is 14.9 Å². The smallest absolute Gasteiger partial charge is 0.283 e. The van der Waals surface area contributed by atoms with Crippen LogP contribution in [0.5, 0.6) is 0 Å². The summed E-state index contributed by atoms with van der Waals surface area (Å²) in [7, 11) is 0. The van der Waals surface area contributed by atoms with Crippen LogP contribution in [0.15, 0.2) is 36.7 Å². The molecule has 0 saturated heterocycles. The highest BCUT2D eigenvalue weighted by molar-refractivity contribution is 14.1. The number of anilines is 2. The first-order valence-electron chi connectivity index (χ1n) is 6.26. The minimum Gasteiger partial charge on any atom is -0.337 e. The molecule has 1 heterocycles. The molecule has 0 spiro atoms. The molecule has 0 unspecified atom stereocenters. The molecule has 0 fully saturated rings. The zero-order valence-corrected chi connectivity index (χ0v) is 14.2. The van der Waals surface area contributed by atoms with Gasteiger partial charge in [-0.15, -0.1) is 0 Å². The third-order valence-corrected chi connectivity index (χ3v) is 4.18. The number of nitrogens with one attached hydrogen (secondary N) is 1. The molecule has 9 heteroatoms. The number of aromatic nitrogens is 2. The molecule has 0 saturated carbocycles. The molecule has 3 rings (SSSR count). The molecular weight excluding hydrogens is 438 g/mol. The normalized spacial score (nSPS) is 10.7. The van der Waals surface area contributed by atoms with Crippen LogP contribution in [-0.2, 0) is 0 Å². The maximum Gasteiger partial charge on any atom is 0.283 e. The molecule has 0 aliphatic heterocycles. The van der Waals surface area contributed by atoms with Crippen molar-refractivity contribution in [1.29, 1.82) is 0 Å². The van der Waals surface area contributed by atoms with E-state index in [1.807, 2.05) is 22.6 Å². The first kappa shape index (κ1) is 15.8. The van der Waals surface area contributed by atoms with E-state index in [1.165, 1.54) is 30.6 Å². The van der Waals surface area contributed by atoms with E-state index in [0.29, 0.717) is 19.5 Å². The minimum atomic E-state index is -0.513. The molecular formula is C14H7ClFIN4O2. The van der Waals surface area contributed by atoms with Gasteiger partial charge in [0.15, 0.2) is 0 Å². The lowest BCUT2D eigenvalue weighted by Gasteiger charge is -2.10. The van der Waals surface area contributed by atoms with E-state index < -0.39 is 10.7 Å². The number of nitro groups is 1. The maximum absolute atomic E-state index is 13.9. The summed E-state index contributed by atoms with van der Waals surface area (Å²) in [6.45, 7) is 0. The summed E-state index contributed by atoms with van der Waals surface area (Å²) in [6.07, 6.45) is 1.30. The Morgan fingerprint density at radius 1 is 1.26 bits per heavy atom. The number of nitro benzene ring substituents is 1. The summed E-state index contributed by atoms with van der Waals surface area (Å²) in [6, 6.07) is 7.00. The van der Waals surface area contributed by atoms with Crippen molar-refractivity contribution in [3.63, 3.8) is 0 Å². The molecule has 1 aromatic heterocycles. The second-order valence-electron chi connectivity index (χ2n) is 4.55. The summed E-state index contributed by atoms with van der Waals surface area (Å²) in [5.74, 6) is -0.253. The quantitative estimate of drug-likeness (QED) is 0.360. The zero-order valence-electron chi connectivity index (χ0n) is 11.3. The molecule has 3 aromatic rings. The van der Waals surface area contributed by atoms with Crippen molar-refractivity contribution in [1.82, 2.24) is 9.97 Å². The Morgan fingerprint density at radius 2 is 2.04 bits per heavy atom. The summed E-state index contributed by atoms with van der Waals surface area (Å²) >= 11 is 7.73. The molecule has 0 amide bonds. The van der Waals surface area contributed by atoms with Crippen molar-refractivity contribution in [2.24, 2.45) is 0 Å². The topological polar surface area (TPSA) is 81.0 Å². The number of rotatable bonds is 3. The van der Waals surface area contributed by atoms with Gasteiger partial charge in [-0.25, -0.2) is 14.4 Å². The van der Waals surface area contributed by atoms with Gasteiger partial charge in [-0.3, -0.25) is 10.1 Å². The first-order chi connectivity index (χ1) is 11.0. The van der Waals surface area contributed by atoms with Crippen LogP contribution >= 0.6 is 34.2 Å². The monoisotopic (exact) mass is 444 g/mol. The number of benzene rings is 2. The average Bonchev–Trinajstić information content (AvgIpc) is 2.50. The predicted octanol–water partition coefficient (Wildman–Crippen LogP) is 4.68. The average molecular weight is 445 g/mol. The number of hydrogen-bond acceptors (Lipinski definition) is 5. The van der Waals surface area contributed by atoms with Crippen molar-refractivity contribution >= 4 is 62.3 Å². The summed E-state index contributed by atoms with van der Waals surface area (Å²) in [5, 5.41) is 14.7. The third-order valence-electron chi connectivity index (χ3n) is 3.08. The molecule has 23 heavy (non-hydrogen) atoms. The fraction of sp³-hybridized carbons (Fsp3) is 0. The van der Waals surface area contributed by atoms with Gasteiger partial charge in [0.05, 0.1) is 19.7 Å². The molecule has 0 aliphatic carbocycles. The Bertz CT molecular complexity index is 938. The van der Waals surface area contributed by atoms with Crippen molar-refractivity contribution in [3.8, 4) is 0 Å². The predicted molar refractivity (Wildman–Crippen MR) is 93.6 cm³/mol. The van der Waals surface area contributed by atoms with Crippen LogP contribution < -0.4 is 5.32 Å². The van der Waals surface area contributed by atoms with Gasteiger partial charge in [0.1, 0.15) is 18.0 Å². The Labute approximate surface area is 148 Å². The van der Waals surface area contributed by atoms with Crippen LogP contribution in [0.4, 0.5) is 21.6 Å². The van der Waals surface area contributed by atoms with Crippen LogP contribution in [0, 0.1) is 19.5 Å². The number of nitrogens with zero attached hydrogens (tertiary/aromatic N) is 3. The Hall–Kier alpha value is -2.07. The van der Waals surface area contributed by atoms with E-state index in [9.17, 15) is 14.5 Å². The SMILES string of the molecule is O=[N+]([O-])c1cc2c(Nc3cc(Cl)ccc3F)ncnc2cc1I. The summed E-state index contributed by atoms with van der Waals surface area (Å²) in [4.78, 5) is 18.7.